The molecule has 96 valence electrons. The molecule has 1 amide bonds. The van der Waals surface area contributed by atoms with Gasteiger partial charge in [-0.3, -0.25) is 10.2 Å². The highest BCUT2D eigenvalue weighted by molar-refractivity contribution is 7.99. The van der Waals surface area contributed by atoms with Gasteiger partial charge in [0.2, 0.25) is 0 Å². The molecule has 0 aliphatic rings. The largest absolute Gasteiger partial charge is 0.456 e. The molecular formula is C12H20N2O2S. The Bertz CT molecular complexity index is 388. The van der Waals surface area contributed by atoms with Crippen molar-refractivity contribution in [2.75, 3.05) is 0 Å². The third-order valence-corrected chi connectivity index (χ3v) is 4.36. The molecule has 0 fully saturated rings. The van der Waals surface area contributed by atoms with Crippen molar-refractivity contribution >= 4 is 17.7 Å². The molecule has 1 heterocycles. The molecule has 1 atom stereocenters. The highest BCUT2D eigenvalue weighted by atomic mass is 32.2. The molecule has 0 spiro atoms. The zero-order chi connectivity index (χ0) is 13.0. The Morgan fingerprint density at radius 3 is 2.71 bits per heavy atom. The van der Waals surface area contributed by atoms with Crippen molar-refractivity contribution in [2.45, 2.75) is 38.7 Å². The van der Waals surface area contributed by atoms with Crippen molar-refractivity contribution in [2.24, 2.45) is 11.8 Å². The van der Waals surface area contributed by atoms with E-state index in [4.69, 9.17) is 10.3 Å². The molecule has 0 aromatic carbocycles. The summed E-state index contributed by atoms with van der Waals surface area (Å²) in [4.78, 5) is 11.3. The molecule has 0 saturated heterocycles. The van der Waals surface area contributed by atoms with E-state index in [1.54, 1.807) is 6.07 Å². The van der Waals surface area contributed by atoms with Crippen molar-refractivity contribution in [3.63, 3.8) is 0 Å². The molecule has 1 aromatic rings. The maximum Gasteiger partial charge on any atom is 0.300 e. The van der Waals surface area contributed by atoms with Gasteiger partial charge in [-0.05, 0) is 18.9 Å². The van der Waals surface area contributed by atoms with Crippen LogP contribution in [0.1, 0.15) is 42.6 Å². The van der Waals surface area contributed by atoms with Gasteiger partial charge in [0.1, 0.15) is 5.76 Å². The summed E-state index contributed by atoms with van der Waals surface area (Å²) in [7, 11) is 0. The second-order valence-corrected chi connectivity index (χ2v) is 5.79. The maximum atomic E-state index is 11.3. The first kappa shape index (κ1) is 14.1. The number of nitrogens with two attached hydrogens (primary N) is 1. The molecule has 0 bridgehead atoms. The molecule has 0 aliphatic heterocycles. The molecule has 1 rings (SSSR count). The fourth-order valence-electron chi connectivity index (χ4n) is 1.26. The van der Waals surface area contributed by atoms with E-state index in [1.165, 1.54) is 0 Å². The number of thioether (sulfide) groups is 1. The lowest BCUT2D eigenvalue weighted by atomic mass is 10.2. The summed E-state index contributed by atoms with van der Waals surface area (Å²) in [5.41, 5.74) is 3.12. The second kappa shape index (κ2) is 6.12. The van der Waals surface area contributed by atoms with Crippen LogP contribution in [0, 0.1) is 12.8 Å². The van der Waals surface area contributed by atoms with E-state index in [9.17, 15) is 4.79 Å². The van der Waals surface area contributed by atoms with Gasteiger partial charge in [-0.25, -0.2) is 5.84 Å². The highest BCUT2D eigenvalue weighted by Gasteiger charge is 2.15. The van der Waals surface area contributed by atoms with E-state index in [-0.39, 0.29) is 11.7 Å². The van der Waals surface area contributed by atoms with E-state index < -0.39 is 0 Å². The van der Waals surface area contributed by atoms with Gasteiger partial charge in [0, 0.05) is 16.6 Å². The van der Waals surface area contributed by atoms with Crippen LogP contribution in [-0.2, 0) is 5.75 Å². The first-order chi connectivity index (χ1) is 7.95. The van der Waals surface area contributed by atoms with Crippen molar-refractivity contribution in [3.05, 3.63) is 23.2 Å². The monoisotopic (exact) mass is 256 g/mol. The fraction of sp³-hybridized carbons (Fsp3) is 0.583. The predicted molar refractivity (Wildman–Crippen MR) is 70.7 cm³/mol. The molecule has 0 radical (unpaired) electrons. The summed E-state index contributed by atoms with van der Waals surface area (Å²) >= 11 is 1.86. The molecule has 3 N–H and O–H groups in total. The quantitative estimate of drug-likeness (QED) is 0.482. The molecule has 1 aromatic heterocycles. The lowest BCUT2D eigenvalue weighted by Gasteiger charge is -2.14. The van der Waals surface area contributed by atoms with Crippen molar-refractivity contribution in [3.8, 4) is 0 Å². The highest BCUT2D eigenvalue weighted by Crippen LogP contribution is 2.26. The van der Waals surface area contributed by atoms with Crippen LogP contribution in [-0.4, -0.2) is 11.2 Å². The van der Waals surface area contributed by atoms with Crippen LogP contribution < -0.4 is 11.3 Å². The van der Waals surface area contributed by atoms with Crippen molar-refractivity contribution in [1.29, 1.82) is 0 Å². The van der Waals surface area contributed by atoms with Gasteiger partial charge in [0.15, 0.2) is 5.76 Å². The first-order valence-corrected chi connectivity index (χ1v) is 6.72. The number of carbonyl (C=O) groups is 1. The Balaban J connectivity index is 2.66. The third-order valence-electron chi connectivity index (χ3n) is 2.82. The van der Waals surface area contributed by atoms with Gasteiger partial charge in [-0.15, -0.1) is 0 Å². The van der Waals surface area contributed by atoms with E-state index in [1.807, 2.05) is 18.7 Å². The zero-order valence-corrected chi connectivity index (χ0v) is 11.6. The summed E-state index contributed by atoms with van der Waals surface area (Å²) in [6, 6.07) is 1.76. The molecule has 1 unspecified atom stereocenters. The smallest absolute Gasteiger partial charge is 0.300 e. The zero-order valence-electron chi connectivity index (χ0n) is 10.7. The summed E-state index contributed by atoms with van der Waals surface area (Å²) in [5.74, 6) is 7.22. The molecule has 0 aliphatic carbocycles. The molecule has 5 heteroatoms. The summed E-state index contributed by atoms with van der Waals surface area (Å²) in [5, 5.41) is 0.580. The van der Waals surface area contributed by atoms with Crippen LogP contribution >= 0.6 is 11.8 Å². The number of nitrogens with one attached hydrogen (secondary N) is 1. The lowest BCUT2D eigenvalue weighted by molar-refractivity contribution is 0.0924. The van der Waals surface area contributed by atoms with Gasteiger partial charge in [-0.1, -0.05) is 20.8 Å². The van der Waals surface area contributed by atoms with E-state index >= 15 is 0 Å². The Hall–Kier alpha value is -0.940. The standard InChI is InChI=1S/C12H20N2O2S/c1-7(2)9(4)17-6-10-5-11(12(15)14-13)16-8(10)3/h5,7,9H,6,13H2,1-4H3,(H,14,15). The Labute approximate surface area is 106 Å². The minimum absolute atomic E-state index is 0.276. The van der Waals surface area contributed by atoms with Crippen LogP contribution in [0.2, 0.25) is 0 Å². The number of aryl methyl sites for hydroxylation is 1. The van der Waals surface area contributed by atoms with Crippen LogP contribution in [0.25, 0.3) is 0 Å². The number of hydrazine groups is 1. The summed E-state index contributed by atoms with van der Waals surface area (Å²) in [6.07, 6.45) is 0. The normalized spacial score (nSPS) is 12.8. The van der Waals surface area contributed by atoms with Crippen LogP contribution in [0.5, 0.6) is 0 Å². The number of nitrogen functional groups attached to an aromatic ring is 1. The van der Waals surface area contributed by atoms with Gasteiger partial charge >= 0.3 is 5.91 Å². The number of hydrogen-bond acceptors (Lipinski definition) is 4. The summed E-state index contributed by atoms with van der Waals surface area (Å²) < 4.78 is 5.35. The maximum absolute atomic E-state index is 11.3. The molecule has 4 nitrogen and oxygen atoms in total. The van der Waals surface area contributed by atoms with Crippen LogP contribution in [0.3, 0.4) is 0 Å². The van der Waals surface area contributed by atoms with Gasteiger partial charge in [0.25, 0.3) is 0 Å². The lowest BCUT2D eigenvalue weighted by Crippen LogP contribution is -2.29. The topological polar surface area (TPSA) is 68.3 Å². The number of furan rings is 1. The van der Waals surface area contributed by atoms with E-state index in [0.717, 1.165) is 17.1 Å². The minimum atomic E-state index is -0.388. The Kier molecular flexibility index (Phi) is 5.08. The van der Waals surface area contributed by atoms with E-state index in [0.29, 0.717) is 11.2 Å². The van der Waals surface area contributed by atoms with E-state index in [2.05, 4.69) is 26.2 Å². The average molecular weight is 256 g/mol. The minimum Gasteiger partial charge on any atom is -0.456 e. The van der Waals surface area contributed by atoms with Crippen LogP contribution in [0.4, 0.5) is 0 Å². The van der Waals surface area contributed by atoms with Gasteiger partial charge in [-0.2, -0.15) is 11.8 Å². The Morgan fingerprint density at radius 2 is 2.18 bits per heavy atom. The summed E-state index contributed by atoms with van der Waals surface area (Å²) in [6.45, 7) is 8.47. The number of carbonyl (C=O) groups excluding carboxylic acids is 1. The van der Waals surface area contributed by atoms with Crippen molar-refractivity contribution < 1.29 is 9.21 Å². The molecule has 0 saturated carbocycles. The van der Waals surface area contributed by atoms with Gasteiger partial charge < -0.3 is 4.42 Å². The number of rotatable bonds is 5. The molecule has 17 heavy (non-hydrogen) atoms. The first-order valence-electron chi connectivity index (χ1n) is 5.67. The predicted octanol–water partition coefficient (Wildman–Crippen LogP) is 2.47. The average Bonchev–Trinajstić information content (AvgIpc) is 2.66. The van der Waals surface area contributed by atoms with Crippen molar-refractivity contribution in [1.82, 2.24) is 5.43 Å². The number of hydrogen-bond donors (Lipinski definition) is 2. The Morgan fingerprint density at radius 1 is 1.53 bits per heavy atom. The van der Waals surface area contributed by atoms with Gasteiger partial charge in [0.05, 0.1) is 0 Å². The second-order valence-electron chi connectivity index (χ2n) is 4.43. The number of amides is 1. The third kappa shape index (κ3) is 3.78. The molecular weight excluding hydrogens is 236 g/mol. The fourth-order valence-corrected chi connectivity index (χ4v) is 2.37. The van der Waals surface area contributed by atoms with Crippen LogP contribution in [0.15, 0.2) is 10.5 Å². The SMILES string of the molecule is Cc1oc(C(=O)NN)cc1CSC(C)C(C)C.